The Hall–Kier alpha value is -1.88. The molecule has 1 aromatic heterocycles. The van der Waals surface area contributed by atoms with E-state index >= 15 is 0 Å². The van der Waals surface area contributed by atoms with Crippen LogP contribution >= 0.6 is 11.8 Å². The summed E-state index contributed by atoms with van der Waals surface area (Å²) in [5, 5.41) is 0.650. The van der Waals surface area contributed by atoms with Gasteiger partial charge in [0.05, 0.1) is 5.75 Å². The second-order valence-corrected chi connectivity index (χ2v) is 5.45. The molecular weight excluding hydrogens is 270 g/mol. The number of rotatable bonds is 4. The number of aromatic nitrogens is 2. The number of anilines is 1. The van der Waals surface area contributed by atoms with Crippen LogP contribution in [0, 0.1) is 13.8 Å². The van der Waals surface area contributed by atoms with Gasteiger partial charge in [0.25, 0.3) is 0 Å². The number of hydrogen-bond donors (Lipinski definition) is 0. The largest absolute Gasteiger partial charge is 0.315 e. The number of nitrogens with zero attached hydrogens (tertiary/aromatic N) is 3. The minimum atomic E-state index is 0.0314. The minimum absolute atomic E-state index is 0.0314. The molecule has 5 heteroatoms. The Morgan fingerprint density at radius 1 is 1.15 bits per heavy atom. The smallest absolute Gasteiger partial charge is 0.237 e. The second kappa shape index (κ2) is 6.52. The van der Waals surface area contributed by atoms with Gasteiger partial charge in [0.1, 0.15) is 0 Å². The van der Waals surface area contributed by atoms with Crippen molar-refractivity contribution >= 4 is 23.4 Å². The number of aryl methyl sites for hydroxylation is 2. The quantitative estimate of drug-likeness (QED) is 0.641. The lowest BCUT2D eigenvalue weighted by Crippen LogP contribution is -2.27. The molecule has 0 saturated heterocycles. The van der Waals surface area contributed by atoms with E-state index in [4.69, 9.17) is 0 Å². The first-order valence-corrected chi connectivity index (χ1v) is 7.31. The Labute approximate surface area is 123 Å². The van der Waals surface area contributed by atoms with E-state index < -0.39 is 0 Å². The summed E-state index contributed by atoms with van der Waals surface area (Å²) in [6, 6.07) is 11.5. The first kappa shape index (κ1) is 14.5. The molecule has 2 aromatic rings. The van der Waals surface area contributed by atoms with Gasteiger partial charge in [-0.15, -0.1) is 0 Å². The number of carbonyl (C=O) groups is 1. The molecular formula is C15H17N3OS. The highest BCUT2D eigenvalue weighted by Crippen LogP contribution is 2.17. The Morgan fingerprint density at radius 3 is 2.35 bits per heavy atom. The van der Waals surface area contributed by atoms with E-state index in [-0.39, 0.29) is 5.91 Å². The van der Waals surface area contributed by atoms with Crippen LogP contribution in [0.4, 0.5) is 5.69 Å². The van der Waals surface area contributed by atoms with Crippen LogP contribution in [-0.4, -0.2) is 28.7 Å². The predicted molar refractivity (Wildman–Crippen MR) is 82.1 cm³/mol. The van der Waals surface area contributed by atoms with E-state index in [2.05, 4.69) is 9.97 Å². The van der Waals surface area contributed by atoms with Crippen LogP contribution in [0.25, 0.3) is 0 Å². The number of carbonyl (C=O) groups excluding carboxylic acids is 1. The minimum Gasteiger partial charge on any atom is -0.315 e. The highest BCUT2D eigenvalue weighted by Gasteiger charge is 2.12. The van der Waals surface area contributed by atoms with Gasteiger partial charge in [0, 0.05) is 24.1 Å². The third-order valence-corrected chi connectivity index (χ3v) is 3.64. The van der Waals surface area contributed by atoms with Crippen molar-refractivity contribution in [3.8, 4) is 0 Å². The van der Waals surface area contributed by atoms with Crippen molar-refractivity contribution < 1.29 is 4.79 Å². The average molecular weight is 287 g/mol. The standard InChI is InChI=1S/C15H17N3OS/c1-11-9-12(2)17-15(16-11)20-10-14(19)18(3)13-7-5-4-6-8-13/h4-9H,10H2,1-3H3. The van der Waals surface area contributed by atoms with Crippen molar-refractivity contribution in [3.63, 3.8) is 0 Å². The van der Waals surface area contributed by atoms with E-state index in [1.54, 1.807) is 11.9 Å². The first-order valence-electron chi connectivity index (χ1n) is 6.33. The first-order chi connectivity index (χ1) is 9.56. The Balaban J connectivity index is 1.98. The molecule has 0 radical (unpaired) electrons. The van der Waals surface area contributed by atoms with E-state index in [0.29, 0.717) is 10.9 Å². The van der Waals surface area contributed by atoms with Gasteiger partial charge >= 0.3 is 0 Å². The van der Waals surface area contributed by atoms with Crippen molar-refractivity contribution in [3.05, 3.63) is 47.8 Å². The molecule has 0 N–H and O–H groups in total. The summed E-state index contributed by atoms with van der Waals surface area (Å²) in [6.45, 7) is 3.85. The van der Waals surface area contributed by atoms with Crippen LogP contribution in [0.15, 0.2) is 41.6 Å². The molecule has 0 saturated carbocycles. The molecule has 104 valence electrons. The summed E-state index contributed by atoms with van der Waals surface area (Å²) in [4.78, 5) is 22.4. The van der Waals surface area contributed by atoms with Crippen molar-refractivity contribution in [2.24, 2.45) is 0 Å². The third-order valence-electron chi connectivity index (χ3n) is 2.80. The molecule has 0 aliphatic heterocycles. The SMILES string of the molecule is Cc1cc(C)nc(SCC(=O)N(C)c2ccccc2)n1. The van der Waals surface area contributed by atoms with Crippen LogP contribution in [0.3, 0.4) is 0 Å². The van der Waals surface area contributed by atoms with Gasteiger partial charge in [0.15, 0.2) is 5.16 Å². The predicted octanol–water partition coefficient (Wildman–Crippen LogP) is 2.85. The van der Waals surface area contributed by atoms with Crippen molar-refractivity contribution in [1.29, 1.82) is 0 Å². The zero-order valence-corrected chi connectivity index (χ0v) is 12.6. The van der Waals surface area contributed by atoms with Crippen LogP contribution in [-0.2, 0) is 4.79 Å². The fraction of sp³-hybridized carbons (Fsp3) is 0.267. The van der Waals surface area contributed by atoms with Crippen molar-refractivity contribution in [1.82, 2.24) is 9.97 Å². The van der Waals surface area contributed by atoms with Gasteiger partial charge in [-0.3, -0.25) is 4.79 Å². The number of benzene rings is 1. The zero-order chi connectivity index (χ0) is 14.5. The maximum Gasteiger partial charge on any atom is 0.237 e. The normalized spacial score (nSPS) is 10.3. The van der Waals surface area contributed by atoms with E-state index in [1.807, 2.05) is 50.2 Å². The maximum absolute atomic E-state index is 12.1. The second-order valence-electron chi connectivity index (χ2n) is 4.51. The lowest BCUT2D eigenvalue weighted by molar-refractivity contribution is -0.115. The molecule has 0 atom stereocenters. The summed E-state index contributed by atoms with van der Waals surface area (Å²) in [6.07, 6.45) is 0. The topological polar surface area (TPSA) is 46.1 Å². The summed E-state index contributed by atoms with van der Waals surface area (Å²) < 4.78 is 0. The molecule has 1 heterocycles. The molecule has 4 nitrogen and oxygen atoms in total. The molecule has 0 bridgehead atoms. The monoisotopic (exact) mass is 287 g/mol. The van der Waals surface area contributed by atoms with Crippen LogP contribution in [0.2, 0.25) is 0 Å². The summed E-state index contributed by atoms with van der Waals surface area (Å²) in [7, 11) is 1.78. The fourth-order valence-corrected chi connectivity index (χ4v) is 2.64. The molecule has 20 heavy (non-hydrogen) atoms. The van der Waals surface area contributed by atoms with Crippen LogP contribution in [0.5, 0.6) is 0 Å². The molecule has 0 fully saturated rings. The van der Waals surface area contributed by atoms with E-state index in [0.717, 1.165) is 17.1 Å². The number of thioether (sulfide) groups is 1. The summed E-state index contributed by atoms with van der Waals surface area (Å²) in [5.74, 6) is 0.359. The average Bonchev–Trinajstić information content (AvgIpc) is 2.44. The fourth-order valence-electron chi connectivity index (χ4n) is 1.78. The van der Waals surface area contributed by atoms with Crippen LogP contribution in [0.1, 0.15) is 11.4 Å². The van der Waals surface area contributed by atoms with Gasteiger partial charge in [-0.1, -0.05) is 30.0 Å². The summed E-state index contributed by atoms with van der Waals surface area (Å²) >= 11 is 1.37. The highest BCUT2D eigenvalue weighted by atomic mass is 32.2. The molecule has 1 aromatic carbocycles. The van der Waals surface area contributed by atoms with Gasteiger partial charge in [-0.25, -0.2) is 9.97 Å². The lowest BCUT2D eigenvalue weighted by Gasteiger charge is -2.16. The van der Waals surface area contributed by atoms with Gasteiger partial charge in [-0.05, 0) is 32.0 Å². The number of amides is 1. The van der Waals surface area contributed by atoms with Gasteiger partial charge < -0.3 is 4.90 Å². The highest BCUT2D eigenvalue weighted by molar-refractivity contribution is 7.99. The Bertz CT molecular complexity index is 581. The maximum atomic E-state index is 12.1. The van der Waals surface area contributed by atoms with Crippen LogP contribution < -0.4 is 4.90 Å². The van der Waals surface area contributed by atoms with E-state index in [9.17, 15) is 4.79 Å². The summed E-state index contributed by atoms with van der Waals surface area (Å²) in [5.41, 5.74) is 2.73. The lowest BCUT2D eigenvalue weighted by atomic mass is 10.3. The molecule has 2 rings (SSSR count). The Morgan fingerprint density at radius 2 is 1.75 bits per heavy atom. The van der Waals surface area contributed by atoms with Crippen molar-refractivity contribution in [2.75, 3.05) is 17.7 Å². The third kappa shape index (κ3) is 3.81. The molecule has 1 amide bonds. The zero-order valence-electron chi connectivity index (χ0n) is 11.8. The van der Waals surface area contributed by atoms with Gasteiger partial charge in [-0.2, -0.15) is 0 Å². The number of para-hydroxylation sites is 1. The molecule has 0 spiro atoms. The number of hydrogen-bond acceptors (Lipinski definition) is 4. The van der Waals surface area contributed by atoms with Gasteiger partial charge in [0.2, 0.25) is 5.91 Å². The van der Waals surface area contributed by atoms with E-state index in [1.165, 1.54) is 11.8 Å². The Kier molecular flexibility index (Phi) is 4.74. The van der Waals surface area contributed by atoms with Crippen molar-refractivity contribution in [2.45, 2.75) is 19.0 Å². The molecule has 0 unspecified atom stereocenters. The molecule has 0 aliphatic carbocycles. The molecule has 0 aliphatic rings.